The zero-order chi connectivity index (χ0) is 20.8. The SMILES string of the molecule is O=C1c2c(O)c3n(c2CCN1Cc1ccc(F)cc1)CCN(c1ccccn1)C3=O. The predicted octanol–water partition coefficient (Wildman–Crippen LogP) is 2.59. The Balaban J connectivity index is 1.47. The van der Waals surface area contributed by atoms with E-state index in [-0.39, 0.29) is 34.6 Å². The number of benzene rings is 1. The third-order valence-corrected chi connectivity index (χ3v) is 5.67. The van der Waals surface area contributed by atoms with Crippen LogP contribution in [0.2, 0.25) is 0 Å². The van der Waals surface area contributed by atoms with Crippen molar-refractivity contribution in [3.8, 4) is 5.75 Å². The molecular formula is C22H19FN4O3. The monoisotopic (exact) mass is 406 g/mol. The number of aromatic hydroxyl groups is 1. The van der Waals surface area contributed by atoms with Gasteiger partial charge in [-0.3, -0.25) is 14.5 Å². The average Bonchev–Trinajstić information content (AvgIpc) is 3.06. The summed E-state index contributed by atoms with van der Waals surface area (Å²) in [5.41, 5.74) is 1.81. The van der Waals surface area contributed by atoms with E-state index in [4.69, 9.17) is 0 Å². The van der Waals surface area contributed by atoms with Crippen LogP contribution in [-0.4, -0.2) is 44.5 Å². The molecule has 4 heterocycles. The van der Waals surface area contributed by atoms with Gasteiger partial charge in [0.15, 0.2) is 11.4 Å². The zero-order valence-corrected chi connectivity index (χ0v) is 16.1. The maximum Gasteiger partial charge on any atom is 0.280 e. The number of pyridine rings is 1. The first-order valence-corrected chi connectivity index (χ1v) is 9.75. The first-order chi connectivity index (χ1) is 14.5. The number of anilines is 1. The van der Waals surface area contributed by atoms with Crippen LogP contribution in [0.15, 0.2) is 48.7 Å². The highest BCUT2D eigenvalue weighted by atomic mass is 19.1. The summed E-state index contributed by atoms with van der Waals surface area (Å²) in [5.74, 6) is -0.789. The van der Waals surface area contributed by atoms with E-state index in [1.54, 1.807) is 46.0 Å². The van der Waals surface area contributed by atoms with Crippen LogP contribution in [-0.2, 0) is 19.5 Å². The van der Waals surface area contributed by atoms with Gasteiger partial charge in [0.1, 0.15) is 17.2 Å². The number of amides is 2. The van der Waals surface area contributed by atoms with Crippen LogP contribution in [0.3, 0.4) is 0 Å². The van der Waals surface area contributed by atoms with Crippen LogP contribution in [0, 0.1) is 5.82 Å². The molecule has 5 rings (SSSR count). The molecule has 0 atom stereocenters. The molecule has 0 radical (unpaired) electrons. The van der Waals surface area contributed by atoms with Gasteiger partial charge >= 0.3 is 0 Å². The van der Waals surface area contributed by atoms with Gasteiger partial charge in [0.05, 0.1) is 0 Å². The lowest BCUT2D eigenvalue weighted by Gasteiger charge is -2.30. The highest BCUT2D eigenvalue weighted by Gasteiger charge is 2.39. The summed E-state index contributed by atoms with van der Waals surface area (Å²) < 4.78 is 14.9. The van der Waals surface area contributed by atoms with Crippen LogP contribution in [0.25, 0.3) is 0 Å². The van der Waals surface area contributed by atoms with E-state index in [2.05, 4.69) is 4.98 Å². The molecule has 2 aliphatic heterocycles. The molecule has 0 bridgehead atoms. The Morgan fingerprint density at radius 2 is 1.80 bits per heavy atom. The van der Waals surface area contributed by atoms with Crippen LogP contribution in [0.1, 0.15) is 32.1 Å². The zero-order valence-electron chi connectivity index (χ0n) is 16.1. The van der Waals surface area contributed by atoms with Crippen LogP contribution in [0.4, 0.5) is 10.2 Å². The van der Waals surface area contributed by atoms with E-state index in [0.29, 0.717) is 44.1 Å². The molecule has 3 aromatic rings. The molecule has 30 heavy (non-hydrogen) atoms. The molecule has 7 nitrogen and oxygen atoms in total. The summed E-state index contributed by atoms with van der Waals surface area (Å²) in [6.45, 7) is 1.67. The van der Waals surface area contributed by atoms with Gasteiger partial charge in [0, 0.05) is 44.5 Å². The van der Waals surface area contributed by atoms with E-state index < -0.39 is 0 Å². The second-order valence-corrected chi connectivity index (χ2v) is 7.42. The van der Waals surface area contributed by atoms with Gasteiger partial charge in [-0.15, -0.1) is 0 Å². The lowest BCUT2D eigenvalue weighted by Crippen LogP contribution is -2.41. The van der Waals surface area contributed by atoms with Gasteiger partial charge in [-0.05, 0) is 29.8 Å². The smallest absolute Gasteiger partial charge is 0.280 e. The Kier molecular flexibility index (Phi) is 4.27. The number of fused-ring (bicyclic) bond motifs is 3. The molecule has 0 spiro atoms. The molecule has 8 heteroatoms. The number of nitrogens with zero attached hydrogens (tertiary/aromatic N) is 4. The molecule has 0 aliphatic carbocycles. The Bertz CT molecular complexity index is 1140. The first kappa shape index (κ1) is 18.4. The van der Waals surface area contributed by atoms with Crippen molar-refractivity contribution in [1.29, 1.82) is 0 Å². The van der Waals surface area contributed by atoms with Crippen molar-refractivity contribution in [3.63, 3.8) is 0 Å². The summed E-state index contributed by atoms with van der Waals surface area (Å²) in [6, 6.07) is 11.3. The molecule has 0 saturated carbocycles. The van der Waals surface area contributed by atoms with E-state index in [0.717, 1.165) is 5.56 Å². The number of carbonyl (C=O) groups excluding carboxylic acids is 2. The van der Waals surface area contributed by atoms with Crippen molar-refractivity contribution in [2.24, 2.45) is 0 Å². The van der Waals surface area contributed by atoms with Crippen molar-refractivity contribution in [2.75, 3.05) is 18.0 Å². The average molecular weight is 406 g/mol. The van der Waals surface area contributed by atoms with Crippen molar-refractivity contribution in [2.45, 2.75) is 19.5 Å². The standard InChI is InChI=1S/C22H19FN4O3/c23-15-6-4-14(5-7-15)13-25-10-8-16-18(21(25)29)20(28)19-22(30)27(12-11-26(16)19)17-3-1-2-9-24-17/h1-7,9,28H,8,10-13H2. The minimum atomic E-state index is -0.371. The fraction of sp³-hybridized carbons (Fsp3) is 0.227. The van der Waals surface area contributed by atoms with Crippen LogP contribution < -0.4 is 4.90 Å². The Morgan fingerprint density at radius 3 is 2.53 bits per heavy atom. The normalized spacial score (nSPS) is 15.9. The minimum Gasteiger partial charge on any atom is -0.505 e. The van der Waals surface area contributed by atoms with E-state index in [1.165, 1.54) is 17.0 Å². The maximum absolute atomic E-state index is 13.2. The molecule has 0 unspecified atom stereocenters. The van der Waals surface area contributed by atoms with Gasteiger partial charge < -0.3 is 14.6 Å². The summed E-state index contributed by atoms with van der Waals surface area (Å²) in [6.07, 6.45) is 2.14. The van der Waals surface area contributed by atoms with E-state index in [1.807, 2.05) is 0 Å². The molecule has 1 N–H and O–H groups in total. The van der Waals surface area contributed by atoms with Gasteiger partial charge in [0.25, 0.3) is 11.8 Å². The molecule has 0 fully saturated rings. The summed E-state index contributed by atoms with van der Waals surface area (Å²) in [5, 5.41) is 10.9. The minimum absolute atomic E-state index is 0.133. The first-order valence-electron chi connectivity index (χ1n) is 9.75. The second kappa shape index (κ2) is 6.98. The van der Waals surface area contributed by atoms with E-state index >= 15 is 0 Å². The molecular weight excluding hydrogens is 387 g/mol. The third kappa shape index (κ3) is 2.83. The maximum atomic E-state index is 13.2. The largest absolute Gasteiger partial charge is 0.505 e. The second-order valence-electron chi connectivity index (χ2n) is 7.42. The van der Waals surface area contributed by atoms with Gasteiger partial charge in [-0.2, -0.15) is 0 Å². The lowest BCUT2D eigenvalue weighted by atomic mass is 10.0. The number of aromatic nitrogens is 2. The van der Waals surface area contributed by atoms with Crippen molar-refractivity contribution < 1.29 is 19.1 Å². The van der Waals surface area contributed by atoms with Gasteiger partial charge in [-0.1, -0.05) is 18.2 Å². The molecule has 0 saturated heterocycles. The molecule has 2 aliphatic rings. The number of halogens is 1. The van der Waals surface area contributed by atoms with Crippen molar-refractivity contribution in [1.82, 2.24) is 14.5 Å². The summed E-state index contributed by atoms with van der Waals surface area (Å²) in [4.78, 5) is 33.6. The lowest BCUT2D eigenvalue weighted by molar-refractivity contribution is 0.0721. The molecule has 2 aromatic heterocycles. The molecule has 2 amide bonds. The quantitative estimate of drug-likeness (QED) is 0.725. The molecule has 152 valence electrons. The molecule has 1 aromatic carbocycles. The number of hydrogen-bond acceptors (Lipinski definition) is 4. The van der Waals surface area contributed by atoms with Crippen molar-refractivity contribution in [3.05, 3.63) is 77.0 Å². The third-order valence-electron chi connectivity index (χ3n) is 5.67. The Labute approximate surface area is 172 Å². The fourth-order valence-corrected chi connectivity index (χ4v) is 4.22. The van der Waals surface area contributed by atoms with Gasteiger partial charge in [-0.25, -0.2) is 9.37 Å². The number of rotatable bonds is 3. The van der Waals surface area contributed by atoms with E-state index in [9.17, 15) is 19.1 Å². The van der Waals surface area contributed by atoms with Crippen molar-refractivity contribution >= 4 is 17.6 Å². The Morgan fingerprint density at radius 1 is 1.00 bits per heavy atom. The fourth-order valence-electron chi connectivity index (χ4n) is 4.22. The predicted molar refractivity (Wildman–Crippen MR) is 107 cm³/mol. The van der Waals surface area contributed by atoms with Gasteiger partial charge in [0.2, 0.25) is 0 Å². The highest BCUT2D eigenvalue weighted by Crippen LogP contribution is 2.37. The summed E-state index contributed by atoms with van der Waals surface area (Å²) in [7, 11) is 0. The van der Waals surface area contributed by atoms with Crippen LogP contribution >= 0.6 is 0 Å². The topological polar surface area (TPSA) is 78.7 Å². The highest BCUT2D eigenvalue weighted by molar-refractivity contribution is 6.11. The van der Waals surface area contributed by atoms with Crippen LogP contribution in [0.5, 0.6) is 5.75 Å². The number of carbonyl (C=O) groups is 2. The summed E-state index contributed by atoms with van der Waals surface area (Å²) >= 11 is 0. The Hall–Kier alpha value is -3.68. The number of hydrogen-bond donors (Lipinski definition) is 1.